The van der Waals surface area contributed by atoms with Crippen LogP contribution in [-0.2, 0) is 4.74 Å². The zero-order valence-electron chi connectivity index (χ0n) is 13.3. The van der Waals surface area contributed by atoms with E-state index in [1.165, 1.54) is 0 Å². The molecule has 1 aromatic rings. The number of amides is 1. The first-order valence-corrected chi connectivity index (χ1v) is 7.91. The van der Waals surface area contributed by atoms with Crippen molar-refractivity contribution in [1.82, 2.24) is 14.9 Å². The van der Waals surface area contributed by atoms with E-state index in [9.17, 15) is 4.79 Å². The van der Waals surface area contributed by atoms with Gasteiger partial charge < -0.3 is 15.0 Å². The number of carbonyl (C=O) groups excluding carboxylic acids is 1. The van der Waals surface area contributed by atoms with Gasteiger partial charge in [-0.15, -0.1) is 0 Å². The molecule has 22 heavy (non-hydrogen) atoms. The van der Waals surface area contributed by atoms with E-state index in [0.717, 1.165) is 19.4 Å². The zero-order valence-corrected chi connectivity index (χ0v) is 14.1. The van der Waals surface area contributed by atoms with Gasteiger partial charge in [-0.05, 0) is 45.6 Å². The van der Waals surface area contributed by atoms with Crippen molar-refractivity contribution in [3.63, 3.8) is 0 Å². The van der Waals surface area contributed by atoms with Gasteiger partial charge in [-0.25, -0.2) is 14.8 Å². The maximum Gasteiger partial charge on any atom is 0.410 e. The second-order valence-electron chi connectivity index (χ2n) is 6.52. The zero-order chi connectivity index (χ0) is 16.2. The second kappa shape index (κ2) is 7.13. The Morgan fingerprint density at radius 3 is 3.00 bits per heavy atom. The monoisotopic (exact) mass is 326 g/mol. The van der Waals surface area contributed by atoms with E-state index in [-0.39, 0.29) is 6.09 Å². The van der Waals surface area contributed by atoms with Crippen LogP contribution < -0.4 is 5.32 Å². The van der Waals surface area contributed by atoms with E-state index >= 15 is 0 Å². The molecule has 0 bridgehead atoms. The number of nitrogens with zero attached hydrogens (tertiary/aromatic N) is 3. The predicted octanol–water partition coefficient (Wildman–Crippen LogP) is 3.19. The molecule has 1 N–H and O–H groups in total. The van der Waals surface area contributed by atoms with Crippen LogP contribution in [0.15, 0.2) is 12.3 Å². The summed E-state index contributed by atoms with van der Waals surface area (Å²) < 4.78 is 5.43. The molecule has 1 saturated heterocycles. The summed E-state index contributed by atoms with van der Waals surface area (Å²) in [5.41, 5.74) is -0.461. The molecule has 1 aliphatic heterocycles. The van der Waals surface area contributed by atoms with Gasteiger partial charge in [0.15, 0.2) is 0 Å². The Hall–Kier alpha value is -1.56. The molecule has 7 heteroatoms. The molecule has 122 valence electrons. The van der Waals surface area contributed by atoms with E-state index < -0.39 is 5.60 Å². The number of likely N-dealkylation sites (tertiary alicyclic amines) is 1. The van der Waals surface area contributed by atoms with Gasteiger partial charge in [0.25, 0.3) is 0 Å². The Morgan fingerprint density at radius 2 is 2.32 bits per heavy atom. The van der Waals surface area contributed by atoms with Gasteiger partial charge in [-0.1, -0.05) is 11.6 Å². The minimum Gasteiger partial charge on any atom is -0.444 e. The lowest BCUT2D eigenvalue weighted by atomic mass is 9.98. The van der Waals surface area contributed by atoms with Gasteiger partial charge in [0.2, 0.25) is 5.95 Å². The first kappa shape index (κ1) is 16.8. The lowest BCUT2D eigenvalue weighted by Gasteiger charge is -2.34. The van der Waals surface area contributed by atoms with Crippen molar-refractivity contribution in [3.05, 3.63) is 17.4 Å². The highest BCUT2D eigenvalue weighted by Crippen LogP contribution is 2.19. The Balaban J connectivity index is 1.84. The molecule has 1 unspecified atom stereocenters. The highest BCUT2D eigenvalue weighted by Gasteiger charge is 2.27. The van der Waals surface area contributed by atoms with Crippen molar-refractivity contribution < 1.29 is 9.53 Å². The van der Waals surface area contributed by atoms with Crippen LogP contribution in [0.1, 0.15) is 33.6 Å². The number of carbonyl (C=O) groups is 1. The van der Waals surface area contributed by atoms with Crippen LogP contribution in [0.25, 0.3) is 0 Å². The average molecular weight is 327 g/mol. The van der Waals surface area contributed by atoms with Gasteiger partial charge in [0, 0.05) is 25.8 Å². The van der Waals surface area contributed by atoms with E-state index in [0.29, 0.717) is 30.1 Å². The van der Waals surface area contributed by atoms with Gasteiger partial charge >= 0.3 is 6.09 Å². The summed E-state index contributed by atoms with van der Waals surface area (Å²) in [6.07, 6.45) is 3.41. The van der Waals surface area contributed by atoms with E-state index in [4.69, 9.17) is 16.3 Å². The van der Waals surface area contributed by atoms with E-state index in [2.05, 4.69) is 15.3 Å². The molecule has 2 heterocycles. The van der Waals surface area contributed by atoms with Crippen LogP contribution in [0.3, 0.4) is 0 Å². The van der Waals surface area contributed by atoms with Crippen LogP contribution in [0, 0.1) is 5.92 Å². The third-order valence-electron chi connectivity index (χ3n) is 3.34. The minimum atomic E-state index is -0.461. The number of ether oxygens (including phenoxy) is 1. The fraction of sp³-hybridized carbons (Fsp3) is 0.667. The molecular formula is C15H23ClN4O2. The number of rotatable bonds is 3. The van der Waals surface area contributed by atoms with Crippen LogP contribution in [0.2, 0.25) is 5.15 Å². The molecule has 1 aromatic heterocycles. The summed E-state index contributed by atoms with van der Waals surface area (Å²) in [5.74, 6) is 0.866. The molecule has 0 aromatic carbocycles. The average Bonchev–Trinajstić information content (AvgIpc) is 2.44. The molecule has 1 aliphatic rings. The summed E-state index contributed by atoms with van der Waals surface area (Å²) in [6.45, 7) is 7.78. The Kier molecular flexibility index (Phi) is 5.45. The molecule has 6 nitrogen and oxygen atoms in total. The van der Waals surface area contributed by atoms with Crippen LogP contribution >= 0.6 is 11.6 Å². The van der Waals surface area contributed by atoms with Crippen molar-refractivity contribution >= 4 is 23.6 Å². The summed E-state index contributed by atoms with van der Waals surface area (Å²) in [6, 6.07) is 1.64. The third-order valence-corrected chi connectivity index (χ3v) is 3.55. The standard InChI is InChI=1S/C15H23ClN4O2/c1-15(2,3)22-14(21)20-8-4-5-11(10-20)9-18-13-17-7-6-12(16)19-13/h6-7,11H,4-5,8-10H2,1-3H3,(H,17,18,19). The highest BCUT2D eigenvalue weighted by molar-refractivity contribution is 6.29. The maximum atomic E-state index is 12.1. The lowest BCUT2D eigenvalue weighted by molar-refractivity contribution is 0.0172. The number of halogens is 1. The molecule has 1 atom stereocenters. The van der Waals surface area contributed by atoms with Crippen molar-refractivity contribution in [2.24, 2.45) is 5.92 Å². The Bertz CT molecular complexity index is 519. The number of hydrogen-bond donors (Lipinski definition) is 1. The van der Waals surface area contributed by atoms with Gasteiger partial charge in [0.1, 0.15) is 10.8 Å². The molecule has 0 aliphatic carbocycles. The van der Waals surface area contributed by atoms with Crippen molar-refractivity contribution in [3.8, 4) is 0 Å². The summed E-state index contributed by atoms with van der Waals surface area (Å²) in [5, 5.41) is 3.59. The summed E-state index contributed by atoms with van der Waals surface area (Å²) in [7, 11) is 0. The van der Waals surface area contributed by atoms with E-state index in [1.807, 2.05) is 20.8 Å². The Morgan fingerprint density at radius 1 is 1.55 bits per heavy atom. The fourth-order valence-electron chi connectivity index (χ4n) is 2.38. The topological polar surface area (TPSA) is 67.3 Å². The van der Waals surface area contributed by atoms with Crippen LogP contribution in [0.4, 0.5) is 10.7 Å². The van der Waals surface area contributed by atoms with Crippen LogP contribution in [0.5, 0.6) is 0 Å². The minimum absolute atomic E-state index is 0.240. The van der Waals surface area contributed by atoms with Crippen LogP contribution in [-0.4, -0.2) is 46.2 Å². The lowest BCUT2D eigenvalue weighted by Crippen LogP contribution is -2.44. The highest BCUT2D eigenvalue weighted by atomic mass is 35.5. The molecular weight excluding hydrogens is 304 g/mol. The number of piperidine rings is 1. The normalized spacial score (nSPS) is 18.9. The maximum absolute atomic E-state index is 12.1. The number of anilines is 1. The first-order chi connectivity index (χ1) is 10.3. The quantitative estimate of drug-likeness (QED) is 0.864. The van der Waals surface area contributed by atoms with E-state index in [1.54, 1.807) is 17.2 Å². The second-order valence-corrected chi connectivity index (χ2v) is 6.91. The number of hydrogen-bond acceptors (Lipinski definition) is 5. The fourth-order valence-corrected chi connectivity index (χ4v) is 2.52. The SMILES string of the molecule is CC(C)(C)OC(=O)N1CCCC(CNc2nccc(Cl)n2)C1. The third kappa shape index (κ3) is 5.33. The molecule has 0 radical (unpaired) electrons. The smallest absolute Gasteiger partial charge is 0.410 e. The summed E-state index contributed by atoms with van der Waals surface area (Å²) >= 11 is 5.83. The molecule has 2 rings (SSSR count). The largest absolute Gasteiger partial charge is 0.444 e. The van der Waals surface area contributed by atoms with Gasteiger partial charge in [-0.2, -0.15) is 0 Å². The first-order valence-electron chi connectivity index (χ1n) is 7.54. The van der Waals surface area contributed by atoms with Gasteiger partial charge in [0.05, 0.1) is 0 Å². The van der Waals surface area contributed by atoms with Crippen molar-refractivity contribution in [2.45, 2.75) is 39.2 Å². The number of nitrogens with one attached hydrogen (secondary N) is 1. The van der Waals surface area contributed by atoms with Crippen molar-refractivity contribution in [2.75, 3.05) is 25.0 Å². The Labute approximate surface area is 136 Å². The number of aromatic nitrogens is 2. The van der Waals surface area contributed by atoms with Crippen molar-refractivity contribution in [1.29, 1.82) is 0 Å². The molecule has 0 saturated carbocycles. The molecule has 1 amide bonds. The molecule has 0 spiro atoms. The summed E-state index contributed by atoms with van der Waals surface area (Å²) in [4.78, 5) is 22.1. The van der Waals surface area contributed by atoms with Gasteiger partial charge in [-0.3, -0.25) is 0 Å². The predicted molar refractivity (Wildman–Crippen MR) is 86.1 cm³/mol. The molecule has 1 fully saturated rings.